The van der Waals surface area contributed by atoms with Gasteiger partial charge in [0.1, 0.15) is 6.61 Å². The first kappa shape index (κ1) is 15.8. The first-order valence-electron chi connectivity index (χ1n) is 8.28. The minimum Gasteiger partial charge on any atom is -0.447 e. The predicted molar refractivity (Wildman–Crippen MR) is 84.2 cm³/mol. The van der Waals surface area contributed by atoms with Gasteiger partial charge in [0.25, 0.3) is 5.91 Å². The Bertz CT molecular complexity index is 627. The Morgan fingerprint density at radius 3 is 2.87 bits per heavy atom. The van der Waals surface area contributed by atoms with E-state index < -0.39 is 0 Å². The van der Waals surface area contributed by atoms with Crippen molar-refractivity contribution in [3.05, 3.63) is 17.5 Å². The summed E-state index contributed by atoms with van der Waals surface area (Å²) in [5, 5.41) is 4.41. The van der Waals surface area contributed by atoms with Crippen LogP contribution in [0.25, 0.3) is 0 Å². The second-order valence-corrected chi connectivity index (χ2v) is 6.40. The molecular formula is C16H24N4O3. The van der Waals surface area contributed by atoms with Gasteiger partial charge in [0.15, 0.2) is 0 Å². The highest BCUT2D eigenvalue weighted by Gasteiger charge is 2.50. The van der Waals surface area contributed by atoms with Crippen molar-refractivity contribution in [2.24, 2.45) is 0 Å². The first-order chi connectivity index (χ1) is 11.0. The van der Waals surface area contributed by atoms with Gasteiger partial charge in [0, 0.05) is 32.4 Å². The third kappa shape index (κ3) is 2.58. The Hall–Kier alpha value is -2.05. The lowest BCUT2D eigenvalue weighted by molar-refractivity contribution is 0.0361. The predicted octanol–water partition coefficient (Wildman–Crippen LogP) is 1.66. The van der Waals surface area contributed by atoms with E-state index in [1.807, 2.05) is 29.6 Å². The molecule has 1 atom stereocenters. The number of carbonyl (C=O) groups excluding carboxylic acids is 2. The third-order valence-electron chi connectivity index (χ3n) is 4.91. The number of ether oxygens (including phenoxy) is 1. The second kappa shape index (κ2) is 5.86. The molecule has 0 spiro atoms. The maximum absolute atomic E-state index is 12.9. The number of aromatic nitrogens is 2. The van der Waals surface area contributed by atoms with E-state index in [0.717, 1.165) is 25.1 Å². The Kier molecular flexibility index (Phi) is 4.04. The molecule has 2 saturated heterocycles. The number of aryl methyl sites for hydroxylation is 2. The normalized spacial score (nSPS) is 23.9. The van der Waals surface area contributed by atoms with Gasteiger partial charge in [-0.2, -0.15) is 5.10 Å². The summed E-state index contributed by atoms with van der Waals surface area (Å²) in [5.41, 5.74) is 1.04. The number of carbonyl (C=O) groups is 2. The van der Waals surface area contributed by atoms with Crippen LogP contribution >= 0.6 is 0 Å². The van der Waals surface area contributed by atoms with E-state index in [1.165, 1.54) is 0 Å². The zero-order chi connectivity index (χ0) is 16.6. The van der Waals surface area contributed by atoms with Crippen LogP contribution in [0.2, 0.25) is 0 Å². The van der Waals surface area contributed by atoms with Gasteiger partial charge >= 0.3 is 6.09 Å². The Labute approximate surface area is 136 Å². The molecule has 3 heterocycles. The fraction of sp³-hybridized carbons (Fsp3) is 0.688. The molecule has 7 heteroatoms. The lowest BCUT2D eigenvalue weighted by Crippen LogP contribution is -2.62. The molecule has 0 bridgehead atoms. The van der Waals surface area contributed by atoms with Gasteiger partial charge in [0.2, 0.25) is 0 Å². The molecule has 3 rings (SSSR count). The molecule has 1 aromatic heterocycles. The minimum absolute atomic E-state index is 0.00308. The molecule has 1 unspecified atom stereocenters. The maximum atomic E-state index is 12.9. The van der Waals surface area contributed by atoms with Crippen molar-refractivity contribution in [1.29, 1.82) is 0 Å². The van der Waals surface area contributed by atoms with Gasteiger partial charge in [0.05, 0.1) is 16.8 Å². The van der Waals surface area contributed by atoms with Crippen LogP contribution in [0, 0.1) is 6.92 Å². The summed E-state index contributed by atoms with van der Waals surface area (Å²) in [6.07, 6.45) is 3.33. The van der Waals surface area contributed by atoms with Crippen molar-refractivity contribution >= 4 is 12.0 Å². The van der Waals surface area contributed by atoms with Crippen LogP contribution in [0.3, 0.4) is 0 Å². The summed E-state index contributed by atoms with van der Waals surface area (Å²) < 4.78 is 7.05. The van der Waals surface area contributed by atoms with Gasteiger partial charge in [-0.25, -0.2) is 4.79 Å². The standard InChI is InChI=1S/C16H24N4O3/c1-4-6-19-9-13(12(3)17-19)14(21)18-7-8-20-15(22)23-11-16(20,5-2)10-18/h9H,4-8,10-11H2,1-3H3. The van der Waals surface area contributed by atoms with Crippen LogP contribution in [-0.4, -0.2) is 63.4 Å². The van der Waals surface area contributed by atoms with Crippen LogP contribution in [0.15, 0.2) is 6.20 Å². The van der Waals surface area contributed by atoms with Crippen LogP contribution in [-0.2, 0) is 11.3 Å². The van der Waals surface area contributed by atoms with Crippen LogP contribution in [0.5, 0.6) is 0 Å². The topological polar surface area (TPSA) is 67.7 Å². The molecule has 0 aromatic carbocycles. The van der Waals surface area contributed by atoms with Crippen molar-refractivity contribution in [3.8, 4) is 0 Å². The molecule has 7 nitrogen and oxygen atoms in total. The van der Waals surface area contributed by atoms with Crippen molar-refractivity contribution in [3.63, 3.8) is 0 Å². The number of piperazine rings is 1. The molecule has 0 radical (unpaired) electrons. The molecule has 0 N–H and O–H groups in total. The van der Waals surface area contributed by atoms with Crippen LogP contribution < -0.4 is 0 Å². The quantitative estimate of drug-likeness (QED) is 0.846. The maximum Gasteiger partial charge on any atom is 0.410 e. The monoisotopic (exact) mass is 320 g/mol. The largest absolute Gasteiger partial charge is 0.447 e. The van der Waals surface area contributed by atoms with E-state index in [0.29, 0.717) is 31.8 Å². The molecule has 2 amide bonds. The number of hydrogen-bond acceptors (Lipinski definition) is 4. The lowest BCUT2D eigenvalue weighted by atomic mass is 9.92. The van der Waals surface area contributed by atoms with E-state index in [4.69, 9.17) is 4.74 Å². The summed E-state index contributed by atoms with van der Waals surface area (Å²) in [6.45, 7) is 8.74. The van der Waals surface area contributed by atoms with Gasteiger partial charge in [-0.15, -0.1) is 0 Å². The third-order valence-corrected chi connectivity index (χ3v) is 4.91. The smallest absolute Gasteiger partial charge is 0.410 e. The number of cyclic esters (lactones) is 1. The molecule has 0 saturated carbocycles. The fourth-order valence-corrected chi connectivity index (χ4v) is 3.48. The Morgan fingerprint density at radius 2 is 2.17 bits per heavy atom. The summed E-state index contributed by atoms with van der Waals surface area (Å²) in [5.74, 6) is -0.00308. The van der Waals surface area contributed by atoms with E-state index >= 15 is 0 Å². The molecule has 126 valence electrons. The molecule has 0 aliphatic carbocycles. The number of rotatable bonds is 4. The Morgan fingerprint density at radius 1 is 1.39 bits per heavy atom. The van der Waals surface area contributed by atoms with Gasteiger partial charge in [-0.1, -0.05) is 13.8 Å². The number of amides is 2. The number of nitrogens with zero attached hydrogens (tertiary/aromatic N) is 4. The van der Waals surface area contributed by atoms with Crippen molar-refractivity contribution in [2.45, 2.75) is 45.7 Å². The van der Waals surface area contributed by atoms with Gasteiger partial charge in [-0.3, -0.25) is 14.4 Å². The van der Waals surface area contributed by atoms with Crippen molar-refractivity contribution < 1.29 is 14.3 Å². The van der Waals surface area contributed by atoms with E-state index in [1.54, 1.807) is 4.90 Å². The summed E-state index contributed by atoms with van der Waals surface area (Å²) in [4.78, 5) is 28.3. The highest BCUT2D eigenvalue weighted by molar-refractivity contribution is 5.95. The van der Waals surface area contributed by atoms with Crippen molar-refractivity contribution in [2.75, 3.05) is 26.2 Å². The zero-order valence-electron chi connectivity index (χ0n) is 14.0. The van der Waals surface area contributed by atoms with E-state index in [2.05, 4.69) is 12.0 Å². The van der Waals surface area contributed by atoms with E-state index in [-0.39, 0.29) is 17.5 Å². The van der Waals surface area contributed by atoms with E-state index in [9.17, 15) is 9.59 Å². The van der Waals surface area contributed by atoms with Gasteiger partial charge < -0.3 is 9.64 Å². The average molecular weight is 320 g/mol. The van der Waals surface area contributed by atoms with Crippen LogP contribution in [0.4, 0.5) is 4.79 Å². The second-order valence-electron chi connectivity index (χ2n) is 6.40. The lowest BCUT2D eigenvalue weighted by Gasteiger charge is -2.44. The molecule has 1 aromatic rings. The number of fused-ring (bicyclic) bond motifs is 1. The Balaban J connectivity index is 1.80. The highest BCUT2D eigenvalue weighted by atomic mass is 16.6. The van der Waals surface area contributed by atoms with Crippen LogP contribution in [0.1, 0.15) is 42.7 Å². The summed E-state index contributed by atoms with van der Waals surface area (Å²) in [6, 6.07) is 0. The summed E-state index contributed by atoms with van der Waals surface area (Å²) >= 11 is 0. The molecule has 23 heavy (non-hydrogen) atoms. The fourth-order valence-electron chi connectivity index (χ4n) is 3.48. The zero-order valence-corrected chi connectivity index (χ0v) is 14.0. The molecule has 2 fully saturated rings. The van der Waals surface area contributed by atoms with Gasteiger partial charge in [-0.05, 0) is 19.8 Å². The SMILES string of the molecule is CCCn1cc(C(=O)N2CCN3C(=O)OCC3(CC)C2)c(C)n1. The molecule has 2 aliphatic heterocycles. The number of hydrogen-bond donors (Lipinski definition) is 0. The average Bonchev–Trinajstić information content (AvgIpc) is 3.08. The molecule has 2 aliphatic rings. The summed E-state index contributed by atoms with van der Waals surface area (Å²) in [7, 11) is 0. The first-order valence-corrected chi connectivity index (χ1v) is 8.28. The molecular weight excluding hydrogens is 296 g/mol. The van der Waals surface area contributed by atoms with Crippen molar-refractivity contribution in [1.82, 2.24) is 19.6 Å². The minimum atomic E-state index is -0.377. The highest BCUT2D eigenvalue weighted by Crippen LogP contribution is 2.32.